The molecule has 0 aromatic rings. The number of hydrogen-bond acceptors (Lipinski definition) is 4. The van der Waals surface area contributed by atoms with Gasteiger partial charge in [-0.15, -0.1) is 0 Å². The minimum absolute atomic E-state index is 0.117. The highest BCUT2D eigenvalue weighted by atomic mass is 28.2. The maximum Gasteiger partial charge on any atom is 0.258 e. The molecule has 2 aliphatic carbocycles. The molecule has 7 heteroatoms. The smallest absolute Gasteiger partial charge is 0.258 e. The van der Waals surface area contributed by atoms with Crippen LogP contribution in [0.5, 0.6) is 0 Å². The number of ketones is 1. The highest BCUT2D eigenvalue weighted by Gasteiger charge is 2.53. The molecule has 1 spiro atoms. The average Bonchev–Trinajstić information content (AvgIpc) is 2.59. The normalized spacial score (nSPS) is 25.9. The first-order valence-electron chi connectivity index (χ1n) is 10.3. The van der Waals surface area contributed by atoms with Crippen molar-refractivity contribution in [2.75, 3.05) is 0 Å². The molecule has 0 radical (unpaired) electrons. The van der Waals surface area contributed by atoms with Crippen molar-refractivity contribution in [3.8, 4) is 0 Å². The lowest BCUT2D eigenvalue weighted by molar-refractivity contribution is -0.331. The van der Waals surface area contributed by atoms with Crippen molar-refractivity contribution >= 4 is 35.1 Å². The van der Waals surface area contributed by atoms with E-state index in [4.69, 9.17) is 13.3 Å². The Labute approximate surface area is 161 Å². The van der Waals surface area contributed by atoms with Crippen LogP contribution in [0.15, 0.2) is 0 Å². The fourth-order valence-corrected chi connectivity index (χ4v) is 8.27. The molecule has 4 nitrogen and oxygen atoms in total. The number of rotatable bonds is 8. The molecule has 0 aromatic heterocycles. The molecule has 2 aliphatic rings. The first-order valence-corrected chi connectivity index (χ1v) is 16.3. The molecular weight excluding hydrogens is 364 g/mol. The SMILES string of the molecule is C[SiH2]OC(O[SiH2]C)(O[SiH2]C)C(C)(C)C1CCC2(CCC(=O)CC2)CC1. The highest BCUT2D eigenvalue weighted by molar-refractivity contribution is 6.27. The summed E-state index contributed by atoms with van der Waals surface area (Å²) in [6, 6.07) is 0. The van der Waals surface area contributed by atoms with E-state index in [1.54, 1.807) is 0 Å². The predicted octanol–water partition coefficient (Wildman–Crippen LogP) is 2.43. The van der Waals surface area contributed by atoms with Crippen LogP contribution in [-0.2, 0) is 18.1 Å². The van der Waals surface area contributed by atoms with Gasteiger partial charge in [-0.05, 0) is 49.9 Å². The van der Waals surface area contributed by atoms with Gasteiger partial charge in [0.25, 0.3) is 5.97 Å². The van der Waals surface area contributed by atoms with Crippen LogP contribution < -0.4 is 0 Å². The third-order valence-electron chi connectivity index (χ3n) is 6.73. The largest absolute Gasteiger partial charge is 0.377 e. The second kappa shape index (κ2) is 8.93. The quantitative estimate of drug-likeness (QED) is 0.462. The van der Waals surface area contributed by atoms with E-state index in [2.05, 4.69) is 33.5 Å². The predicted molar refractivity (Wildman–Crippen MR) is 111 cm³/mol. The third-order valence-corrected chi connectivity index (χ3v) is 8.73. The second-order valence-electron chi connectivity index (χ2n) is 8.39. The van der Waals surface area contributed by atoms with Gasteiger partial charge in [-0.3, -0.25) is 4.79 Å². The van der Waals surface area contributed by atoms with Crippen LogP contribution in [0.2, 0.25) is 19.6 Å². The molecule has 2 saturated carbocycles. The lowest BCUT2D eigenvalue weighted by Gasteiger charge is -2.53. The summed E-state index contributed by atoms with van der Waals surface area (Å²) in [5.41, 5.74) is 0.318. The van der Waals surface area contributed by atoms with E-state index in [-0.39, 0.29) is 5.41 Å². The molecule has 2 fully saturated rings. The Morgan fingerprint density at radius 3 is 1.72 bits per heavy atom. The molecule has 0 aliphatic heterocycles. The molecule has 146 valence electrons. The molecule has 0 atom stereocenters. The Kier molecular flexibility index (Phi) is 7.68. The van der Waals surface area contributed by atoms with Crippen LogP contribution in [0.25, 0.3) is 0 Å². The Bertz CT molecular complexity index is 419. The van der Waals surface area contributed by atoms with Gasteiger partial charge in [0, 0.05) is 18.3 Å². The molecule has 0 aromatic carbocycles. The second-order valence-corrected chi connectivity index (χ2v) is 11.0. The van der Waals surface area contributed by atoms with Crippen LogP contribution in [0.3, 0.4) is 0 Å². The molecule has 25 heavy (non-hydrogen) atoms. The lowest BCUT2D eigenvalue weighted by Crippen LogP contribution is -2.57. The molecule has 0 saturated heterocycles. The van der Waals surface area contributed by atoms with Crippen molar-refractivity contribution in [3.05, 3.63) is 0 Å². The molecule has 0 bridgehead atoms. The third kappa shape index (κ3) is 4.55. The fraction of sp³-hybridized carbons (Fsp3) is 0.944. The number of carbonyl (C=O) groups excluding carboxylic acids is 1. The van der Waals surface area contributed by atoms with Crippen LogP contribution in [0, 0.1) is 16.7 Å². The topological polar surface area (TPSA) is 44.8 Å². The van der Waals surface area contributed by atoms with Crippen molar-refractivity contribution in [1.29, 1.82) is 0 Å². The van der Waals surface area contributed by atoms with E-state index < -0.39 is 35.3 Å². The molecule has 0 heterocycles. The van der Waals surface area contributed by atoms with Crippen molar-refractivity contribution in [1.82, 2.24) is 0 Å². The summed E-state index contributed by atoms with van der Waals surface area (Å²) in [6.45, 7) is 11.1. The molecule has 0 N–H and O–H groups in total. The van der Waals surface area contributed by atoms with Gasteiger partial charge < -0.3 is 13.3 Å². The van der Waals surface area contributed by atoms with Gasteiger partial charge in [-0.1, -0.05) is 33.5 Å². The first kappa shape index (κ1) is 21.5. The highest BCUT2D eigenvalue weighted by Crippen LogP contribution is 2.54. The zero-order valence-electron chi connectivity index (χ0n) is 17.0. The minimum atomic E-state index is -0.784. The van der Waals surface area contributed by atoms with E-state index in [1.807, 2.05) is 0 Å². The summed E-state index contributed by atoms with van der Waals surface area (Å²) >= 11 is 0. The van der Waals surface area contributed by atoms with Gasteiger partial charge in [-0.2, -0.15) is 0 Å². The Morgan fingerprint density at radius 2 is 1.32 bits per heavy atom. The van der Waals surface area contributed by atoms with Crippen molar-refractivity contribution in [2.24, 2.45) is 16.7 Å². The standard InChI is InChI=1S/C18H38O4Si3/c1-16(2,18(20-23-3,21-24-4)22-25-5)14-6-10-17(11-7-14)12-8-15(19)9-13-17/h14H,6-13,23-25H2,1-5H3. The van der Waals surface area contributed by atoms with Gasteiger partial charge in [0.1, 0.15) is 5.78 Å². The summed E-state index contributed by atoms with van der Waals surface area (Å²) in [7, 11) is -1.86. The lowest BCUT2D eigenvalue weighted by atomic mass is 9.58. The van der Waals surface area contributed by atoms with Crippen molar-refractivity contribution in [2.45, 2.75) is 90.8 Å². The minimum Gasteiger partial charge on any atom is -0.377 e. The van der Waals surface area contributed by atoms with E-state index in [0.29, 0.717) is 17.1 Å². The average molecular weight is 403 g/mol. The number of Topliss-reactive ketones (excluding diaryl/α,β-unsaturated/α-hetero) is 1. The van der Waals surface area contributed by atoms with Gasteiger partial charge in [0.2, 0.25) is 0 Å². The number of hydrogen-bond donors (Lipinski definition) is 0. The summed E-state index contributed by atoms with van der Waals surface area (Å²) in [6.07, 6.45) is 8.75. The maximum atomic E-state index is 11.6. The number of carbonyl (C=O) groups is 1. The van der Waals surface area contributed by atoms with Crippen LogP contribution in [0.1, 0.15) is 65.2 Å². The zero-order valence-corrected chi connectivity index (χ0v) is 21.2. The fourth-order valence-electron chi connectivity index (χ4n) is 5.01. The summed E-state index contributed by atoms with van der Waals surface area (Å²) < 4.78 is 18.9. The van der Waals surface area contributed by atoms with Crippen molar-refractivity contribution in [3.63, 3.8) is 0 Å². The van der Waals surface area contributed by atoms with E-state index in [0.717, 1.165) is 25.7 Å². The first-order chi connectivity index (χ1) is 11.8. The summed E-state index contributed by atoms with van der Waals surface area (Å²) in [5, 5.41) is 0. The molecule has 2 rings (SSSR count). The Morgan fingerprint density at radius 1 is 0.880 bits per heavy atom. The van der Waals surface area contributed by atoms with E-state index in [9.17, 15) is 4.79 Å². The van der Waals surface area contributed by atoms with Crippen molar-refractivity contribution < 1.29 is 18.1 Å². The van der Waals surface area contributed by atoms with Gasteiger partial charge >= 0.3 is 0 Å². The monoisotopic (exact) mass is 402 g/mol. The van der Waals surface area contributed by atoms with Gasteiger partial charge in [0.05, 0.1) is 0 Å². The Hall–Kier alpha value is 0.201. The van der Waals surface area contributed by atoms with E-state index >= 15 is 0 Å². The summed E-state index contributed by atoms with van der Waals surface area (Å²) in [4.78, 5) is 11.6. The molecule has 0 amide bonds. The molecule has 0 unspecified atom stereocenters. The van der Waals surface area contributed by atoms with Gasteiger partial charge in [-0.25, -0.2) is 0 Å². The van der Waals surface area contributed by atoms with Crippen LogP contribution in [-0.4, -0.2) is 41.0 Å². The van der Waals surface area contributed by atoms with E-state index in [1.165, 1.54) is 25.7 Å². The van der Waals surface area contributed by atoms with Crippen LogP contribution >= 0.6 is 0 Å². The summed E-state index contributed by atoms with van der Waals surface area (Å²) in [5.74, 6) is 0.251. The maximum absolute atomic E-state index is 11.6. The molecular formula is C18H38O4Si3. The Balaban J connectivity index is 2.11. The zero-order chi connectivity index (χ0) is 18.6. The van der Waals surface area contributed by atoms with Gasteiger partial charge in [0.15, 0.2) is 29.3 Å². The van der Waals surface area contributed by atoms with Crippen LogP contribution in [0.4, 0.5) is 0 Å².